The van der Waals surface area contributed by atoms with Gasteiger partial charge in [-0.3, -0.25) is 4.98 Å². The van der Waals surface area contributed by atoms with Crippen LogP contribution in [0.5, 0.6) is 11.5 Å². The maximum atomic E-state index is 11.3. The number of benzene rings is 1. The Balaban J connectivity index is 1.72. The lowest BCUT2D eigenvalue weighted by molar-refractivity contribution is 0.171. The maximum absolute atomic E-state index is 11.3. The van der Waals surface area contributed by atoms with Gasteiger partial charge >= 0.3 is 6.09 Å². The van der Waals surface area contributed by atoms with Gasteiger partial charge in [-0.15, -0.1) is 0 Å². The van der Waals surface area contributed by atoms with E-state index in [4.69, 9.17) is 9.47 Å². The first-order chi connectivity index (χ1) is 14.1. The summed E-state index contributed by atoms with van der Waals surface area (Å²) in [5, 5.41) is 11.8. The third kappa shape index (κ3) is 5.88. The van der Waals surface area contributed by atoms with Crippen molar-refractivity contribution in [1.82, 2.24) is 10.3 Å². The molecule has 2 N–H and O–H groups in total. The topological polar surface area (TPSA) is 80.7 Å². The largest absolute Gasteiger partial charge is 0.490 e. The van der Waals surface area contributed by atoms with Gasteiger partial charge in [0, 0.05) is 29.6 Å². The van der Waals surface area contributed by atoms with Crippen LogP contribution in [-0.4, -0.2) is 28.8 Å². The zero-order valence-electron chi connectivity index (χ0n) is 17.9. The van der Waals surface area contributed by atoms with E-state index in [1.807, 2.05) is 24.4 Å². The number of amides is 1. The van der Waals surface area contributed by atoms with Crippen LogP contribution in [-0.2, 0) is 6.61 Å². The predicted molar refractivity (Wildman–Crippen MR) is 120 cm³/mol. The molecular formula is C23H29BrN2O4. The molecule has 7 heteroatoms. The number of nitrogens with zero attached hydrogens (tertiary/aromatic N) is 1. The summed E-state index contributed by atoms with van der Waals surface area (Å²) in [6.45, 7) is 9.44. The second-order valence-corrected chi connectivity index (χ2v) is 10.0. The molecule has 0 saturated heterocycles. The third-order valence-electron chi connectivity index (χ3n) is 5.03. The molecule has 0 saturated carbocycles. The van der Waals surface area contributed by atoms with E-state index in [-0.39, 0.29) is 18.1 Å². The van der Waals surface area contributed by atoms with E-state index in [2.05, 4.69) is 53.9 Å². The highest BCUT2D eigenvalue weighted by Gasteiger charge is 2.23. The number of aromatic nitrogens is 1. The second kappa shape index (κ2) is 9.25. The molecule has 2 aromatic rings. The number of ether oxygens (including phenoxy) is 2. The summed E-state index contributed by atoms with van der Waals surface area (Å²) in [4.78, 5) is 15.4. The first-order valence-corrected chi connectivity index (χ1v) is 10.9. The smallest absolute Gasteiger partial charge is 0.404 e. The molecule has 1 aromatic heterocycles. The Bertz CT molecular complexity index is 911. The highest BCUT2D eigenvalue weighted by Crippen LogP contribution is 2.42. The Morgan fingerprint density at radius 1 is 1.37 bits per heavy atom. The van der Waals surface area contributed by atoms with E-state index >= 15 is 0 Å². The van der Waals surface area contributed by atoms with Crippen molar-refractivity contribution in [3.05, 3.63) is 40.6 Å². The molecule has 2 unspecified atom stereocenters. The van der Waals surface area contributed by atoms with Gasteiger partial charge in [0.25, 0.3) is 0 Å². The first-order valence-electron chi connectivity index (χ1n) is 10.1. The van der Waals surface area contributed by atoms with Crippen LogP contribution < -0.4 is 14.8 Å². The Labute approximate surface area is 186 Å². The van der Waals surface area contributed by atoms with Crippen LogP contribution in [0.3, 0.4) is 0 Å². The van der Waals surface area contributed by atoms with Crippen molar-refractivity contribution in [3.63, 3.8) is 0 Å². The second-order valence-electron chi connectivity index (χ2n) is 9.16. The van der Waals surface area contributed by atoms with Crippen LogP contribution in [0, 0.1) is 11.3 Å². The summed E-state index contributed by atoms with van der Waals surface area (Å²) in [7, 11) is 0. The molecule has 162 valence electrons. The van der Waals surface area contributed by atoms with Crippen LogP contribution in [0.2, 0.25) is 0 Å². The van der Waals surface area contributed by atoms with Crippen molar-refractivity contribution in [3.8, 4) is 22.6 Å². The van der Waals surface area contributed by atoms with Gasteiger partial charge in [0.2, 0.25) is 0 Å². The number of fused-ring (bicyclic) bond motifs is 3. The minimum atomic E-state index is -1.04. The fourth-order valence-electron chi connectivity index (χ4n) is 4.08. The number of nitrogens with one attached hydrogen (secondary N) is 1. The molecule has 0 aliphatic carbocycles. The normalized spacial score (nSPS) is 14.7. The molecule has 0 bridgehead atoms. The van der Waals surface area contributed by atoms with Crippen molar-refractivity contribution in [1.29, 1.82) is 0 Å². The lowest BCUT2D eigenvalue weighted by Crippen LogP contribution is -2.39. The number of carboxylic acid groups (broad SMARTS) is 1. The third-order valence-corrected chi connectivity index (χ3v) is 5.65. The zero-order valence-corrected chi connectivity index (χ0v) is 19.5. The van der Waals surface area contributed by atoms with Gasteiger partial charge in [-0.05, 0) is 57.8 Å². The molecule has 0 radical (unpaired) electrons. The van der Waals surface area contributed by atoms with Crippen LogP contribution in [0.25, 0.3) is 11.1 Å². The number of carbonyl (C=O) groups is 1. The summed E-state index contributed by atoms with van der Waals surface area (Å²) in [5.41, 5.74) is 3.32. The van der Waals surface area contributed by atoms with Gasteiger partial charge in [-0.1, -0.05) is 27.7 Å². The highest BCUT2D eigenvalue weighted by molar-refractivity contribution is 9.10. The van der Waals surface area contributed by atoms with Crippen molar-refractivity contribution >= 4 is 22.0 Å². The number of hydrogen-bond donors (Lipinski definition) is 2. The molecule has 30 heavy (non-hydrogen) atoms. The number of hydrogen-bond acceptors (Lipinski definition) is 4. The molecule has 6 nitrogen and oxygen atoms in total. The average molecular weight is 477 g/mol. The van der Waals surface area contributed by atoms with Crippen molar-refractivity contribution in [2.24, 2.45) is 11.3 Å². The Hall–Kier alpha value is -2.28. The number of pyridine rings is 1. The lowest BCUT2D eigenvalue weighted by atomic mass is 9.83. The highest BCUT2D eigenvalue weighted by atomic mass is 79.9. The van der Waals surface area contributed by atoms with Gasteiger partial charge in [-0.2, -0.15) is 0 Å². The van der Waals surface area contributed by atoms with Gasteiger partial charge < -0.3 is 19.9 Å². The standard InChI is InChI=1S/C23H29BrN2O4/c1-14(10-23(2,3)4)7-16(26-22(27)28)13-30-21-9-20-18(8-19(21)24)17-5-6-25-11-15(17)12-29-20/h5-6,8-9,11,14,16,26H,7,10,12-13H2,1-4H3,(H,27,28). The Morgan fingerprint density at radius 2 is 2.13 bits per heavy atom. The summed E-state index contributed by atoms with van der Waals surface area (Å²) in [6, 6.07) is 5.52. The van der Waals surface area contributed by atoms with Crippen LogP contribution >= 0.6 is 15.9 Å². The first kappa shape index (κ1) is 22.4. The predicted octanol–water partition coefficient (Wildman–Crippen LogP) is 5.88. The molecule has 0 spiro atoms. The SMILES string of the molecule is CC(CC(COc1cc2c(cc1Br)-c1ccncc1CO2)NC(=O)O)CC(C)(C)C. The minimum absolute atomic E-state index is 0.193. The average Bonchev–Trinajstić information content (AvgIpc) is 2.64. The van der Waals surface area contributed by atoms with Gasteiger partial charge in [0.1, 0.15) is 24.7 Å². The quantitative estimate of drug-likeness (QED) is 0.521. The van der Waals surface area contributed by atoms with Crippen LogP contribution in [0.1, 0.15) is 46.1 Å². The Kier molecular flexibility index (Phi) is 6.91. The van der Waals surface area contributed by atoms with E-state index in [1.54, 1.807) is 6.20 Å². The summed E-state index contributed by atoms with van der Waals surface area (Å²) in [6.07, 6.45) is 4.27. The van der Waals surface area contributed by atoms with E-state index in [9.17, 15) is 9.90 Å². The van der Waals surface area contributed by atoms with E-state index in [0.29, 0.717) is 24.7 Å². The molecule has 3 rings (SSSR count). The number of halogens is 1. The van der Waals surface area contributed by atoms with Crippen LogP contribution in [0.4, 0.5) is 4.79 Å². The van der Waals surface area contributed by atoms with E-state index < -0.39 is 6.09 Å². The molecule has 1 aliphatic rings. The molecule has 1 aliphatic heterocycles. The monoisotopic (exact) mass is 476 g/mol. The molecule has 2 heterocycles. The molecule has 1 aromatic carbocycles. The molecule has 0 fully saturated rings. The zero-order chi connectivity index (χ0) is 21.9. The minimum Gasteiger partial charge on any atom is -0.490 e. The molecule has 2 atom stereocenters. The van der Waals surface area contributed by atoms with E-state index in [0.717, 1.165) is 33.3 Å². The fourth-order valence-corrected chi connectivity index (χ4v) is 4.54. The van der Waals surface area contributed by atoms with Crippen molar-refractivity contribution in [2.75, 3.05) is 6.61 Å². The summed E-state index contributed by atoms with van der Waals surface area (Å²) in [5.74, 6) is 1.74. The Morgan fingerprint density at radius 3 is 2.83 bits per heavy atom. The maximum Gasteiger partial charge on any atom is 0.404 e. The van der Waals surface area contributed by atoms with Gasteiger partial charge in [0.05, 0.1) is 10.5 Å². The molecular weight excluding hydrogens is 448 g/mol. The van der Waals surface area contributed by atoms with Crippen molar-refractivity contribution in [2.45, 2.75) is 53.2 Å². The fraction of sp³-hybridized carbons (Fsp3) is 0.478. The number of rotatable bonds is 7. The van der Waals surface area contributed by atoms with Crippen LogP contribution in [0.15, 0.2) is 35.1 Å². The summed E-state index contributed by atoms with van der Waals surface area (Å²) < 4.78 is 12.7. The van der Waals surface area contributed by atoms with Gasteiger partial charge in [-0.25, -0.2) is 4.79 Å². The summed E-state index contributed by atoms with van der Waals surface area (Å²) >= 11 is 3.59. The molecule has 1 amide bonds. The van der Waals surface area contributed by atoms with Crippen molar-refractivity contribution < 1.29 is 19.4 Å². The lowest BCUT2D eigenvalue weighted by Gasteiger charge is -2.27. The van der Waals surface area contributed by atoms with E-state index in [1.165, 1.54) is 0 Å². The van der Waals surface area contributed by atoms with Gasteiger partial charge in [0.15, 0.2) is 0 Å².